The second-order valence-corrected chi connectivity index (χ2v) is 5.89. The van der Waals surface area contributed by atoms with Gasteiger partial charge in [-0.2, -0.15) is 0 Å². The molecular weight excluding hydrogens is 208 g/mol. The monoisotopic (exact) mass is 238 g/mol. The summed E-state index contributed by atoms with van der Waals surface area (Å²) in [5, 5.41) is 0. The lowest BCUT2D eigenvalue weighted by molar-refractivity contribution is 0.139. The van der Waals surface area contributed by atoms with Gasteiger partial charge in [-0.05, 0) is 51.6 Å². The number of nitrogens with zero attached hydrogens (tertiary/aromatic N) is 1. The van der Waals surface area contributed by atoms with Gasteiger partial charge in [0.05, 0.1) is 0 Å². The Bertz CT molecular complexity index is 217. The molecule has 100 valence electrons. The Balaban J connectivity index is 2.47. The maximum Gasteiger partial charge on any atom is 0.0163 e. The van der Waals surface area contributed by atoms with E-state index in [1.165, 1.54) is 45.1 Å². The van der Waals surface area contributed by atoms with E-state index in [1.807, 2.05) is 6.08 Å². The van der Waals surface area contributed by atoms with E-state index in [2.05, 4.69) is 25.3 Å². The fourth-order valence-electron chi connectivity index (χ4n) is 2.96. The van der Waals surface area contributed by atoms with Crippen LogP contribution < -0.4 is 5.73 Å². The highest BCUT2D eigenvalue weighted by Crippen LogP contribution is 2.38. The van der Waals surface area contributed by atoms with E-state index in [1.54, 1.807) is 0 Å². The summed E-state index contributed by atoms with van der Waals surface area (Å²) in [5.41, 5.74) is 6.47. The van der Waals surface area contributed by atoms with Crippen molar-refractivity contribution in [2.75, 3.05) is 19.6 Å². The smallest absolute Gasteiger partial charge is 0.0163 e. The molecule has 0 bridgehead atoms. The number of rotatable bonds is 7. The molecule has 0 heterocycles. The molecular formula is C15H30N2. The Hall–Kier alpha value is -0.340. The third kappa shape index (κ3) is 4.44. The topological polar surface area (TPSA) is 29.3 Å². The molecule has 0 amide bonds. The van der Waals surface area contributed by atoms with Crippen molar-refractivity contribution in [2.45, 2.75) is 58.4 Å². The quantitative estimate of drug-likeness (QED) is 0.690. The Labute approximate surface area is 107 Å². The zero-order valence-corrected chi connectivity index (χ0v) is 11.8. The van der Waals surface area contributed by atoms with Crippen LogP contribution in [0.5, 0.6) is 0 Å². The van der Waals surface area contributed by atoms with Crippen LogP contribution in [0.3, 0.4) is 0 Å². The van der Waals surface area contributed by atoms with Crippen LogP contribution in [0, 0.1) is 5.41 Å². The lowest BCUT2D eigenvalue weighted by atomic mass is 9.72. The van der Waals surface area contributed by atoms with Crippen LogP contribution in [0.1, 0.15) is 52.4 Å². The first kappa shape index (κ1) is 14.7. The van der Waals surface area contributed by atoms with E-state index < -0.39 is 0 Å². The van der Waals surface area contributed by atoms with E-state index >= 15 is 0 Å². The fraction of sp³-hybridized carbons (Fsp3) is 0.867. The third-order valence-electron chi connectivity index (χ3n) is 4.37. The second kappa shape index (κ2) is 7.17. The van der Waals surface area contributed by atoms with E-state index in [4.69, 9.17) is 5.73 Å². The minimum atomic E-state index is 0.437. The van der Waals surface area contributed by atoms with Crippen molar-refractivity contribution in [3.63, 3.8) is 0 Å². The second-order valence-electron chi connectivity index (χ2n) is 5.89. The Morgan fingerprint density at radius 1 is 1.29 bits per heavy atom. The highest BCUT2D eigenvalue weighted by atomic mass is 15.1. The first-order valence-electron chi connectivity index (χ1n) is 7.18. The molecule has 1 aliphatic carbocycles. The molecule has 0 saturated heterocycles. The molecule has 0 aromatic rings. The summed E-state index contributed by atoms with van der Waals surface area (Å²) in [6.07, 6.45) is 10.1. The third-order valence-corrected chi connectivity index (χ3v) is 4.37. The van der Waals surface area contributed by atoms with Crippen LogP contribution in [-0.2, 0) is 0 Å². The van der Waals surface area contributed by atoms with Gasteiger partial charge < -0.3 is 5.73 Å². The summed E-state index contributed by atoms with van der Waals surface area (Å²) in [6, 6.07) is 0.603. The molecule has 0 unspecified atom stereocenters. The molecule has 2 nitrogen and oxygen atoms in total. The molecule has 2 heteroatoms. The molecule has 0 aliphatic heterocycles. The zero-order chi connectivity index (χ0) is 12.7. The van der Waals surface area contributed by atoms with Crippen LogP contribution >= 0.6 is 0 Å². The SMILES string of the molecule is C=CCN(CCC1(CN)CCCCC1)C(C)C. The normalized spacial score (nSPS) is 19.8. The molecule has 1 aliphatic rings. The summed E-state index contributed by atoms with van der Waals surface area (Å²) in [5.74, 6) is 0. The van der Waals surface area contributed by atoms with Crippen molar-refractivity contribution < 1.29 is 0 Å². The largest absolute Gasteiger partial charge is 0.330 e. The van der Waals surface area contributed by atoms with Gasteiger partial charge in [-0.15, -0.1) is 6.58 Å². The predicted molar refractivity (Wildman–Crippen MR) is 76.1 cm³/mol. The van der Waals surface area contributed by atoms with E-state index in [0.29, 0.717) is 11.5 Å². The van der Waals surface area contributed by atoms with Crippen molar-refractivity contribution in [1.82, 2.24) is 4.90 Å². The molecule has 17 heavy (non-hydrogen) atoms. The molecule has 0 aromatic carbocycles. The van der Waals surface area contributed by atoms with Gasteiger partial charge in [0.1, 0.15) is 0 Å². The number of nitrogens with two attached hydrogens (primary N) is 1. The molecule has 0 atom stereocenters. The highest BCUT2D eigenvalue weighted by molar-refractivity contribution is 4.86. The number of hydrogen-bond donors (Lipinski definition) is 1. The van der Waals surface area contributed by atoms with Crippen LogP contribution in [0.15, 0.2) is 12.7 Å². The van der Waals surface area contributed by atoms with Gasteiger partial charge >= 0.3 is 0 Å². The van der Waals surface area contributed by atoms with E-state index in [0.717, 1.165) is 13.1 Å². The van der Waals surface area contributed by atoms with Gasteiger partial charge in [-0.1, -0.05) is 25.3 Å². The average Bonchev–Trinajstić information content (AvgIpc) is 2.35. The summed E-state index contributed by atoms with van der Waals surface area (Å²) >= 11 is 0. The summed E-state index contributed by atoms with van der Waals surface area (Å²) < 4.78 is 0. The van der Waals surface area contributed by atoms with Crippen molar-refractivity contribution in [1.29, 1.82) is 0 Å². The Morgan fingerprint density at radius 3 is 2.41 bits per heavy atom. The van der Waals surface area contributed by atoms with Gasteiger partial charge in [0.2, 0.25) is 0 Å². The molecule has 0 aromatic heterocycles. The van der Waals surface area contributed by atoms with E-state index in [-0.39, 0.29) is 0 Å². The van der Waals surface area contributed by atoms with Gasteiger partial charge in [0, 0.05) is 12.6 Å². The lowest BCUT2D eigenvalue weighted by Gasteiger charge is -2.38. The summed E-state index contributed by atoms with van der Waals surface area (Å²) in [4.78, 5) is 2.50. The fourth-order valence-corrected chi connectivity index (χ4v) is 2.96. The summed E-state index contributed by atoms with van der Waals surface area (Å²) in [7, 11) is 0. The first-order valence-corrected chi connectivity index (χ1v) is 7.18. The highest BCUT2D eigenvalue weighted by Gasteiger charge is 2.30. The van der Waals surface area contributed by atoms with Crippen molar-refractivity contribution >= 4 is 0 Å². The van der Waals surface area contributed by atoms with Crippen molar-refractivity contribution in [3.05, 3.63) is 12.7 Å². The van der Waals surface area contributed by atoms with Crippen molar-refractivity contribution in [2.24, 2.45) is 11.1 Å². The Kier molecular flexibility index (Phi) is 6.21. The maximum absolute atomic E-state index is 6.04. The molecule has 0 radical (unpaired) electrons. The standard InChI is InChI=1S/C15H30N2/c1-4-11-17(14(2)3)12-10-15(13-16)8-6-5-7-9-15/h4,14H,1,5-13,16H2,2-3H3. The van der Waals surface area contributed by atoms with Crippen LogP contribution in [0.2, 0.25) is 0 Å². The molecule has 1 fully saturated rings. The molecule has 2 N–H and O–H groups in total. The van der Waals surface area contributed by atoms with Crippen LogP contribution in [-0.4, -0.2) is 30.6 Å². The van der Waals surface area contributed by atoms with Gasteiger partial charge in [0.15, 0.2) is 0 Å². The molecule has 1 saturated carbocycles. The molecule has 0 spiro atoms. The maximum atomic E-state index is 6.04. The first-order chi connectivity index (χ1) is 8.13. The summed E-state index contributed by atoms with van der Waals surface area (Å²) in [6.45, 7) is 11.4. The van der Waals surface area contributed by atoms with Crippen LogP contribution in [0.25, 0.3) is 0 Å². The Morgan fingerprint density at radius 2 is 1.94 bits per heavy atom. The lowest BCUT2D eigenvalue weighted by Crippen LogP contribution is -2.39. The van der Waals surface area contributed by atoms with E-state index in [9.17, 15) is 0 Å². The van der Waals surface area contributed by atoms with Gasteiger partial charge in [-0.3, -0.25) is 4.90 Å². The minimum Gasteiger partial charge on any atom is -0.330 e. The minimum absolute atomic E-state index is 0.437. The van der Waals surface area contributed by atoms with Crippen molar-refractivity contribution in [3.8, 4) is 0 Å². The average molecular weight is 238 g/mol. The van der Waals surface area contributed by atoms with Gasteiger partial charge in [-0.25, -0.2) is 0 Å². The zero-order valence-electron chi connectivity index (χ0n) is 11.8. The predicted octanol–water partition coefficient (Wildman–Crippen LogP) is 3.18. The number of hydrogen-bond acceptors (Lipinski definition) is 2. The van der Waals surface area contributed by atoms with Gasteiger partial charge in [0.25, 0.3) is 0 Å². The molecule has 1 rings (SSSR count). The van der Waals surface area contributed by atoms with Crippen LogP contribution in [0.4, 0.5) is 0 Å².